The summed E-state index contributed by atoms with van der Waals surface area (Å²) < 4.78 is 5.04. The highest BCUT2D eigenvalue weighted by Crippen LogP contribution is 2.26. The van der Waals surface area contributed by atoms with Gasteiger partial charge in [-0.3, -0.25) is 4.79 Å². The molecule has 0 saturated carbocycles. The number of hydrogen-bond acceptors (Lipinski definition) is 3. The molecular formula is C11H10O3. The Morgan fingerprint density at radius 1 is 1.43 bits per heavy atom. The molecule has 0 radical (unpaired) electrons. The van der Waals surface area contributed by atoms with Crippen LogP contribution < -0.4 is 4.74 Å². The molecule has 0 bridgehead atoms. The van der Waals surface area contributed by atoms with Crippen LogP contribution in [0.2, 0.25) is 0 Å². The molecule has 0 atom stereocenters. The van der Waals surface area contributed by atoms with Crippen LogP contribution in [0, 0.1) is 0 Å². The molecule has 2 rings (SSSR count). The number of ether oxygens (including phenoxy) is 1. The van der Waals surface area contributed by atoms with Gasteiger partial charge < -0.3 is 9.84 Å². The molecule has 1 N–H and O–H groups in total. The topological polar surface area (TPSA) is 46.5 Å². The fourth-order valence-corrected chi connectivity index (χ4v) is 1.56. The maximum atomic E-state index is 11.2. The third-order valence-electron chi connectivity index (χ3n) is 2.25. The van der Waals surface area contributed by atoms with Crippen LogP contribution in [0.15, 0.2) is 24.3 Å². The number of carbonyl (C=O) groups excluding carboxylic acids is 1. The second kappa shape index (κ2) is 3.18. The van der Waals surface area contributed by atoms with E-state index in [2.05, 4.69) is 0 Å². The fraction of sp³-hybridized carbons (Fsp3) is 0.182. The molecule has 14 heavy (non-hydrogen) atoms. The summed E-state index contributed by atoms with van der Waals surface area (Å²) in [5, 5.41) is 9.49. The van der Waals surface area contributed by atoms with Gasteiger partial charge in [-0.2, -0.15) is 0 Å². The van der Waals surface area contributed by atoms with Crippen molar-refractivity contribution < 1.29 is 14.6 Å². The summed E-state index contributed by atoms with van der Waals surface area (Å²) in [5.74, 6) is 0.661. The molecule has 0 unspecified atom stereocenters. The van der Waals surface area contributed by atoms with Gasteiger partial charge in [0, 0.05) is 18.1 Å². The highest BCUT2D eigenvalue weighted by molar-refractivity contribution is 6.00. The third-order valence-corrected chi connectivity index (χ3v) is 2.25. The first kappa shape index (κ1) is 8.81. The van der Waals surface area contributed by atoms with E-state index in [1.165, 1.54) is 6.08 Å². The molecule has 0 aliphatic heterocycles. The van der Waals surface area contributed by atoms with Gasteiger partial charge in [-0.1, -0.05) is 0 Å². The second-order valence-corrected chi connectivity index (χ2v) is 3.20. The van der Waals surface area contributed by atoms with E-state index in [1.54, 1.807) is 25.3 Å². The molecule has 3 heteroatoms. The standard InChI is InChI=1S/C11H10O3/c1-14-9-2-3-10-7(5-9)4-8(12)6-11(10)13/h2-3,5-6,13H,4H2,1H3. The van der Waals surface area contributed by atoms with Crippen LogP contribution >= 0.6 is 0 Å². The predicted octanol–water partition coefficient (Wildman–Crippen LogP) is 1.72. The zero-order chi connectivity index (χ0) is 10.1. The average Bonchev–Trinajstić information content (AvgIpc) is 2.16. The number of aliphatic hydroxyl groups excluding tert-OH is 1. The lowest BCUT2D eigenvalue weighted by molar-refractivity contribution is -0.114. The van der Waals surface area contributed by atoms with Crippen LogP contribution in [0.5, 0.6) is 5.75 Å². The van der Waals surface area contributed by atoms with Crippen molar-refractivity contribution in [2.24, 2.45) is 0 Å². The molecule has 1 aromatic carbocycles. The molecule has 0 fully saturated rings. The Bertz CT molecular complexity index is 419. The Kier molecular flexibility index (Phi) is 2.00. The van der Waals surface area contributed by atoms with Gasteiger partial charge in [0.15, 0.2) is 5.78 Å². The first-order valence-corrected chi connectivity index (χ1v) is 4.31. The van der Waals surface area contributed by atoms with Crippen molar-refractivity contribution in [3.63, 3.8) is 0 Å². The molecule has 1 aliphatic carbocycles. The lowest BCUT2D eigenvalue weighted by atomic mass is 9.95. The zero-order valence-electron chi connectivity index (χ0n) is 7.78. The summed E-state index contributed by atoms with van der Waals surface area (Å²) in [5.41, 5.74) is 1.53. The Hall–Kier alpha value is -1.77. The van der Waals surface area contributed by atoms with E-state index in [-0.39, 0.29) is 11.5 Å². The van der Waals surface area contributed by atoms with Gasteiger partial charge in [-0.15, -0.1) is 0 Å². The fourth-order valence-electron chi connectivity index (χ4n) is 1.56. The van der Waals surface area contributed by atoms with Crippen LogP contribution in [0.4, 0.5) is 0 Å². The van der Waals surface area contributed by atoms with E-state index < -0.39 is 0 Å². The summed E-state index contributed by atoms with van der Waals surface area (Å²) in [4.78, 5) is 11.2. The third kappa shape index (κ3) is 1.37. The number of carbonyl (C=O) groups is 1. The van der Waals surface area contributed by atoms with Crippen molar-refractivity contribution in [2.45, 2.75) is 6.42 Å². The average molecular weight is 190 g/mol. The van der Waals surface area contributed by atoms with Gasteiger partial charge in [0.25, 0.3) is 0 Å². The van der Waals surface area contributed by atoms with Gasteiger partial charge in [0.05, 0.1) is 7.11 Å². The van der Waals surface area contributed by atoms with E-state index in [0.29, 0.717) is 17.7 Å². The molecule has 1 aliphatic rings. The quantitative estimate of drug-likeness (QED) is 0.733. The summed E-state index contributed by atoms with van der Waals surface area (Å²) >= 11 is 0. The van der Waals surface area contributed by atoms with Crippen molar-refractivity contribution in [2.75, 3.05) is 7.11 Å². The van der Waals surface area contributed by atoms with Crippen molar-refractivity contribution in [1.29, 1.82) is 0 Å². The van der Waals surface area contributed by atoms with Crippen LogP contribution in [0.25, 0.3) is 5.76 Å². The van der Waals surface area contributed by atoms with Gasteiger partial charge in [-0.25, -0.2) is 0 Å². The van der Waals surface area contributed by atoms with Crippen molar-refractivity contribution >= 4 is 11.5 Å². The molecule has 0 heterocycles. The summed E-state index contributed by atoms with van der Waals surface area (Å²) in [6, 6.07) is 5.29. The predicted molar refractivity (Wildman–Crippen MR) is 52.3 cm³/mol. The number of fused-ring (bicyclic) bond motifs is 1. The Morgan fingerprint density at radius 2 is 2.21 bits per heavy atom. The number of rotatable bonds is 1. The van der Waals surface area contributed by atoms with E-state index in [0.717, 1.165) is 5.56 Å². The van der Waals surface area contributed by atoms with Crippen LogP contribution in [-0.4, -0.2) is 18.0 Å². The monoisotopic (exact) mass is 190 g/mol. The lowest BCUT2D eigenvalue weighted by Crippen LogP contribution is -2.09. The highest BCUT2D eigenvalue weighted by atomic mass is 16.5. The largest absolute Gasteiger partial charge is 0.507 e. The maximum Gasteiger partial charge on any atom is 0.163 e. The zero-order valence-corrected chi connectivity index (χ0v) is 7.78. The molecule has 1 aromatic rings. The minimum atomic E-state index is -0.0803. The van der Waals surface area contributed by atoms with E-state index in [9.17, 15) is 9.90 Å². The van der Waals surface area contributed by atoms with Gasteiger partial charge in [0.2, 0.25) is 0 Å². The molecule has 0 spiro atoms. The number of benzene rings is 1. The first-order chi connectivity index (χ1) is 6.70. The minimum absolute atomic E-state index is 0.0407. The smallest absolute Gasteiger partial charge is 0.163 e. The summed E-state index contributed by atoms with van der Waals surface area (Å²) in [7, 11) is 1.57. The second-order valence-electron chi connectivity index (χ2n) is 3.20. The Balaban J connectivity index is 2.52. The van der Waals surface area contributed by atoms with Crippen molar-refractivity contribution in [3.8, 4) is 5.75 Å². The SMILES string of the molecule is COc1ccc2c(c1)CC(=O)C=C2O. The number of hydrogen-bond donors (Lipinski definition) is 1. The van der Waals surface area contributed by atoms with Crippen molar-refractivity contribution in [1.82, 2.24) is 0 Å². The Labute approximate surface area is 81.6 Å². The van der Waals surface area contributed by atoms with E-state index in [4.69, 9.17) is 4.74 Å². The van der Waals surface area contributed by atoms with Gasteiger partial charge >= 0.3 is 0 Å². The normalized spacial score (nSPS) is 14.6. The number of allylic oxidation sites excluding steroid dienone is 1. The lowest BCUT2D eigenvalue weighted by Gasteiger charge is -2.13. The molecule has 0 saturated heterocycles. The first-order valence-electron chi connectivity index (χ1n) is 4.31. The van der Waals surface area contributed by atoms with E-state index >= 15 is 0 Å². The van der Waals surface area contributed by atoms with Crippen LogP contribution in [-0.2, 0) is 11.2 Å². The molecule has 3 nitrogen and oxygen atoms in total. The molecule has 72 valence electrons. The van der Waals surface area contributed by atoms with Gasteiger partial charge in [-0.05, 0) is 23.8 Å². The van der Waals surface area contributed by atoms with E-state index in [1.807, 2.05) is 0 Å². The number of methoxy groups -OCH3 is 1. The summed E-state index contributed by atoms with van der Waals surface area (Å²) in [6.07, 6.45) is 1.59. The number of ketones is 1. The minimum Gasteiger partial charge on any atom is -0.507 e. The molecule has 0 aromatic heterocycles. The molecular weight excluding hydrogens is 180 g/mol. The Morgan fingerprint density at radius 3 is 2.93 bits per heavy atom. The number of aliphatic hydroxyl groups is 1. The maximum absolute atomic E-state index is 11.2. The summed E-state index contributed by atoms with van der Waals surface area (Å²) in [6.45, 7) is 0. The molecule has 0 amide bonds. The highest BCUT2D eigenvalue weighted by Gasteiger charge is 2.16. The van der Waals surface area contributed by atoms with Crippen LogP contribution in [0.3, 0.4) is 0 Å². The van der Waals surface area contributed by atoms with Crippen LogP contribution in [0.1, 0.15) is 11.1 Å². The van der Waals surface area contributed by atoms with Crippen molar-refractivity contribution in [3.05, 3.63) is 35.4 Å². The van der Waals surface area contributed by atoms with Gasteiger partial charge in [0.1, 0.15) is 11.5 Å².